The van der Waals surface area contributed by atoms with Crippen LogP contribution < -0.4 is 5.32 Å². The number of esters is 1. The van der Waals surface area contributed by atoms with Crippen molar-refractivity contribution in [1.29, 1.82) is 0 Å². The highest BCUT2D eigenvalue weighted by molar-refractivity contribution is 6.37. The summed E-state index contributed by atoms with van der Waals surface area (Å²) in [6.07, 6.45) is 2.10. The van der Waals surface area contributed by atoms with Crippen molar-refractivity contribution < 1.29 is 37.5 Å². The molecule has 2 saturated carbocycles. The average molecular weight is 595 g/mol. The van der Waals surface area contributed by atoms with E-state index < -0.39 is 59.4 Å². The summed E-state index contributed by atoms with van der Waals surface area (Å²) in [5.74, 6) is -7.21. The fourth-order valence-electron chi connectivity index (χ4n) is 7.06. The van der Waals surface area contributed by atoms with E-state index in [-0.39, 0.29) is 74.0 Å². The Morgan fingerprint density at radius 3 is 2.29 bits per heavy atom. The van der Waals surface area contributed by atoms with Gasteiger partial charge in [0.1, 0.15) is 5.60 Å². The van der Waals surface area contributed by atoms with Crippen molar-refractivity contribution in [3.63, 3.8) is 0 Å². The molecule has 2 aliphatic carbocycles. The van der Waals surface area contributed by atoms with Gasteiger partial charge in [0.05, 0.1) is 12.5 Å². The number of fused-ring (bicyclic) bond motifs is 3. The third kappa shape index (κ3) is 7.95. The maximum Gasteiger partial charge on any atom is 0.307 e. The summed E-state index contributed by atoms with van der Waals surface area (Å²) in [7, 11) is 0. The second-order valence-corrected chi connectivity index (χ2v) is 14.7. The summed E-state index contributed by atoms with van der Waals surface area (Å²) in [6, 6.07) is -0.779. The molecule has 8 nitrogen and oxygen atoms in total. The van der Waals surface area contributed by atoms with Crippen LogP contribution in [-0.2, 0) is 28.7 Å². The molecule has 236 valence electrons. The van der Waals surface area contributed by atoms with Gasteiger partial charge in [0.25, 0.3) is 5.91 Å². The minimum Gasteiger partial charge on any atom is -0.460 e. The largest absolute Gasteiger partial charge is 0.460 e. The first kappa shape index (κ1) is 32.5. The van der Waals surface area contributed by atoms with E-state index in [0.717, 1.165) is 12.8 Å². The fourth-order valence-corrected chi connectivity index (χ4v) is 7.06. The molecular formula is C32H48F2N2O6. The van der Waals surface area contributed by atoms with Crippen LogP contribution in [0.4, 0.5) is 8.78 Å². The van der Waals surface area contributed by atoms with E-state index in [1.54, 1.807) is 20.8 Å². The maximum absolute atomic E-state index is 14.7. The molecule has 0 spiro atoms. The zero-order valence-corrected chi connectivity index (χ0v) is 25.8. The number of alkyl halides is 2. The van der Waals surface area contributed by atoms with E-state index in [1.165, 1.54) is 4.90 Å². The van der Waals surface area contributed by atoms with Crippen LogP contribution in [0.25, 0.3) is 0 Å². The van der Waals surface area contributed by atoms with Gasteiger partial charge in [-0.3, -0.25) is 24.0 Å². The van der Waals surface area contributed by atoms with Gasteiger partial charge in [-0.1, -0.05) is 26.7 Å². The zero-order valence-electron chi connectivity index (χ0n) is 25.8. The Labute approximate surface area is 248 Å². The minimum atomic E-state index is -2.91. The summed E-state index contributed by atoms with van der Waals surface area (Å²) >= 11 is 0. The summed E-state index contributed by atoms with van der Waals surface area (Å²) in [5, 5.41) is 2.71. The number of piperidine rings is 1. The first-order valence-electron chi connectivity index (χ1n) is 15.8. The number of amides is 2. The van der Waals surface area contributed by atoms with Gasteiger partial charge in [0.15, 0.2) is 5.78 Å². The van der Waals surface area contributed by atoms with Gasteiger partial charge in [0.2, 0.25) is 17.6 Å². The van der Waals surface area contributed by atoms with Crippen molar-refractivity contribution in [2.24, 2.45) is 29.1 Å². The van der Waals surface area contributed by atoms with E-state index in [4.69, 9.17) is 4.74 Å². The predicted molar refractivity (Wildman–Crippen MR) is 151 cm³/mol. The number of carbonyl (C=O) groups excluding carboxylic acids is 5. The molecule has 2 heterocycles. The van der Waals surface area contributed by atoms with Crippen LogP contribution in [0.2, 0.25) is 0 Å². The molecule has 0 aromatic rings. The van der Waals surface area contributed by atoms with Crippen LogP contribution in [-0.4, -0.2) is 64.4 Å². The lowest BCUT2D eigenvalue weighted by atomic mass is 9.86. The number of hydrogen-bond donors (Lipinski definition) is 1. The summed E-state index contributed by atoms with van der Waals surface area (Å²) in [4.78, 5) is 68.1. The third-order valence-corrected chi connectivity index (χ3v) is 9.65. The SMILES string of the molecule is CC(C)(C)OC(=O)C[C@H]1CCCC(F)(F)CCCCC[C@@H](C(=O)C(=O)NC2CC2)CC(=O)[C@@H]2[C@@H]3[C@H](CN2C1=O)C3(C)C. The van der Waals surface area contributed by atoms with E-state index in [1.807, 2.05) is 0 Å². The zero-order chi connectivity index (χ0) is 31.0. The van der Waals surface area contributed by atoms with Crippen molar-refractivity contribution in [1.82, 2.24) is 10.2 Å². The molecule has 0 aromatic heterocycles. The molecule has 4 aliphatic rings. The molecule has 0 unspecified atom stereocenters. The molecule has 42 heavy (non-hydrogen) atoms. The minimum absolute atomic E-state index is 0.0107. The highest BCUT2D eigenvalue weighted by Crippen LogP contribution is 2.65. The maximum atomic E-state index is 14.7. The smallest absolute Gasteiger partial charge is 0.307 e. The average Bonchev–Trinajstić information content (AvgIpc) is 3.71. The van der Waals surface area contributed by atoms with Gasteiger partial charge in [-0.2, -0.15) is 0 Å². The Balaban J connectivity index is 1.59. The van der Waals surface area contributed by atoms with Gasteiger partial charge in [-0.15, -0.1) is 0 Å². The monoisotopic (exact) mass is 594 g/mol. The second-order valence-electron chi connectivity index (χ2n) is 14.7. The van der Waals surface area contributed by atoms with Crippen molar-refractivity contribution >= 4 is 29.4 Å². The van der Waals surface area contributed by atoms with Crippen LogP contribution in [0, 0.1) is 29.1 Å². The van der Waals surface area contributed by atoms with E-state index in [2.05, 4.69) is 19.2 Å². The van der Waals surface area contributed by atoms with Crippen LogP contribution in [0.5, 0.6) is 0 Å². The standard InChI is InChI=1S/C32H48F2N2O6/c1-30(2,3)42-24(38)17-20-11-9-15-32(33,34)14-8-6-7-10-19(27(39)28(40)35-21-12-13-21)16-23(37)26-25-22(31(25,4)5)18-36(26)29(20)41/h19-22,25-26H,6-18H2,1-5H3,(H,35,40)/t19-,20-,22+,25+,26-/m1/s1. The molecule has 1 N–H and O–H groups in total. The summed E-state index contributed by atoms with van der Waals surface area (Å²) in [6.45, 7) is 9.62. The quantitative estimate of drug-likeness (QED) is 0.354. The van der Waals surface area contributed by atoms with E-state index in [9.17, 15) is 32.8 Å². The predicted octanol–water partition coefficient (Wildman–Crippen LogP) is 5.01. The second kappa shape index (κ2) is 12.3. The highest BCUT2D eigenvalue weighted by atomic mass is 19.3. The Kier molecular flexibility index (Phi) is 9.53. The Hall–Kier alpha value is -2.39. The number of rotatable bonds is 5. The Bertz CT molecular complexity index is 1080. The lowest BCUT2D eigenvalue weighted by Gasteiger charge is -2.34. The molecule has 2 amide bonds. The molecule has 2 aliphatic heterocycles. The van der Waals surface area contributed by atoms with E-state index >= 15 is 0 Å². The number of ketones is 2. The Morgan fingerprint density at radius 1 is 0.976 bits per heavy atom. The molecule has 4 rings (SSSR count). The van der Waals surface area contributed by atoms with Gasteiger partial charge < -0.3 is 15.0 Å². The summed E-state index contributed by atoms with van der Waals surface area (Å²) in [5.41, 5.74) is -0.930. The molecule has 5 atom stereocenters. The first-order valence-corrected chi connectivity index (χ1v) is 15.8. The van der Waals surface area contributed by atoms with Crippen LogP contribution >= 0.6 is 0 Å². The first-order chi connectivity index (χ1) is 19.5. The van der Waals surface area contributed by atoms with Gasteiger partial charge in [-0.05, 0) is 76.5 Å². The van der Waals surface area contributed by atoms with Crippen molar-refractivity contribution in [2.75, 3.05) is 6.54 Å². The van der Waals surface area contributed by atoms with Crippen molar-refractivity contribution in [3.8, 4) is 0 Å². The number of Topliss-reactive ketones (excluding diaryl/α,β-unsaturated/α-hetero) is 2. The molecule has 0 bridgehead atoms. The van der Waals surface area contributed by atoms with Crippen LogP contribution in [0.3, 0.4) is 0 Å². The number of ether oxygens (including phenoxy) is 1. The molecule has 0 aromatic carbocycles. The highest BCUT2D eigenvalue weighted by Gasteiger charge is 2.69. The normalized spacial score (nSPS) is 32.0. The lowest BCUT2D eigenvalue weighted by Crippen LogP contribution is -2.49. The fraction of sp³-hybridized carbons (Fsp3) is 0.844. The lowest BCUT2D eigenvalue weighted by molar-refractivity contribution is -0.159. The number of halogens is 2. The van der Waals surface area contributed by atoms with Gasteiger partial charge in [-0.25, -0.2) is 8.78 Å². The van der Waals surface area contributed by atoms with E-state index in [0.29, 0.717) is 19.4 Å². The Morgan fingerprint density at radius 2 is 1.64 bits per heavy atom. The topological polar surface area (TPSA) is 110 Å². The number of nitrogens with zero attached hydrogens (tertiary/aromatic N) is 1. The third-order valence-electron chi connectivity index (χ3n) is 9.65. The molecule has 4 fully saturated rings. The number of hydrogen-bond acceptors (Lipinski definition) is 6. The molecule has 0 radical (unpaired) electrons. The molecule has 10 heteroatoms. The summed E-state index contributed by atoms with van der Waals surface area (Å²) < 4.78 is 34.9. The van der Waals surface area contributed by atoms with Crippen LogP contribution in [0.15, 0.2) is 0 Å². The number of nitrogens with one attached hydrogen (secondary N) is 1. The van der Waals surface area contributed by atoms with Crippen LogP contribution in [0.1, 0.15) is 112 Å². The van der Waals surface area contributed by atoms with Crippen molar-refractivity contribution in [2.45, 2.75) is 135 Å². The van der Waals surface area contributed by atoms with Gasteiger partial charge >= 0.3 is 5.97 Å². The van der Waals surface area contributed by atoms with Crippen molar-refractivity contribution in [3.05, 3.63) is 0 Å². The van der Waals surface area contributed by atoms with Gasteiger partial charge in [0, 0.05) is 43.7 Å². The number of carbonyl (C=O) groups is 5. The molecule has 2 saturated heterocycles. The molecular weight excluding hydrogens is 546 g/mol.